The molecule has 1 amide bonds. The second-order valence-corrected chi connectivity index (χ2v) is 8.10. The van der Waals surface area contributed by atoms with Crippen molar-refractivity contribution in [2.45, 2.75) is 32.4 Å². The fraction of sp³-hybridized carbons (Fsp3) is 0.900. The highest BCUT2D eigenvalue weighted by Gasteiger charge is 2.38. The van der Waals surface area contributed by atoms with Gasteiger partial charge in [-0.2, -0.15) is 0 Å². The van der Waals surface area contributed by atoms with E-state index in [-0.39, 0.29) is 5.41 Å². The van der Waals surface area contributed by atoms with Crippen LogP contribution < -0.4 is 5.32 Å². The van der Waals surface area contributed by atoms with Gasteiger partial charge >= 0.3 is 0 Å². The van der Waals surface area contributed by atoms with Crippen LogP contribution in [0.25, 0.3) is 0 Å². The van der Waals surface area contributed by atoms with Gasteiger partial charge in [-0.25, -0.2) is 8.42 Å². The van der Waals surface area contributed by atoms with E-state index in [1.165, 1.54) is 13.8 Å². The number of halogens is 1. The van der Waals surface area contributed by atoms with Gasteiger partial charge in [0.2, 0.25) is 5.91 Å². The van der Waals surface area contributed by atoms with Crippen LogP contribution in [0, 0.1) is 5.41 Å². The molecule has 0 fully saturated rings. The van der Waals surface area contributed by atoms with Crippen LogP contribution in [0.2, 0.25) is 0 Å². The molecule has 1 N–H and O–H groups in total. The maximum Gasteiger partial charge on any atom is 0.240 e. The second-order valence-electron chi connectivity index (χ2n) is 5.26. The Kier molecular flexibility index (Phi) is 4.83. The van der Waals surface area contributed by atoms with Crippen LogP contribution in [0.1, 0.15) is 27.7 Å². The van der Waals surface area contributed by atoms with Crippen molar-refractivity contribution in [3.8, 4) is 0 Å². The Balaban J connectivity index is 4.63. The second kappa shape index (κ2) is 4.92. The van der Waals surface area contributed by atoms with Gasteiger partial charge in [-0.15, -0.1) is 11.6 Å². The van der Waals surface area contributed by atoms with Crippen molar-refractivity contribution in [1.29, 1.82) is 0 Å². The van der Waals surface area contributed by atoms with E-state index in [0.29, 0.717) is 12.4 Å². The summed E-state index contributed by atoms with van der Waals surface area (Å²) in [5, 5.41) is 2.62. The zero-order valence-electron chi connectivity index (χ0n) is 10.4. The molecule has 0 spiro atoms. The molecule has 0 heterocycles. The highest BCUT2D eigenvalue weighted by molar-refractivity contribution is 7.92. The zero-order valence-corrected chi connectivity index (χ0v) is 12.0. The number of carbonyl (C=O) groups is 1. The number of nitrogens with one attached hydrogen (secondary N) is 1. The Bertz CT molecular complexity index is 360. The number of carbonyl (C=O) groups excluding carboxylic acids is 1. The van der Waals surface area contributed by atoms with Crippen molar-refractivity contribution in [2.24, 2.45) is 5.41 Å². The normalized spacial score (nSPS) is 13.6. The first kappa shape index (κ1) is 15.7. The number of alkyl halides is 1. The standard InChI is InChI=1S/C10H20ClNO3S/c1-9(2,6-11)7-12-8(13)10(3,4)16(5,14)15/h6-7H2,1-5H3,(H,12,13). The van der Waals surface area contributed by atoms with E-state index < -0.39 is 20.5 Å². The van der Waals surface area contributed by atoms with Gasteiger partial charge in [0.15, 0.2) is 9.84 Å². The summed E-state index contributed by atoms with van der Waals surface area (Å²) in [6, 6.07) is 0. The van der Waals surface area contributed by atoms with Gasteiger partial charge in [-0.3, -0.25) is 4.79 Å². The van der Waals surface area contributed by atoms with E-state index >= 15 is 0 Å². The molecular weight excluding hydrogens is 250 g/mol. The van der Waals surface area contributed by atoms with Crippen LogP contribution in [0.15, 0.2) is 0 Å². The highest BCUT2D eigenvalue weighted by atomic mass is 35.5. The number of rotatable bonds is 5. The minimum absolute atomic E-state index is 0.245. The summed E-state index contributed by atoms with van der Waals surface area (Å²) in [7, 11) is -3.42. The summed E-state index contributed by atoms with van der Waals surface area (Å²) in [4.78, 5) is 11.7. The molecule has 6 heteroatoms. The topological polar surface area (TPSA) is 63.2 Å². The maximum absolute atomic E-state index is 11.7. The van der Waals surface area contributed by atoms with Crippen molar-refractivity contribution in [1.82, 2.24) is 5.32 Å². The monoisotopic (exact) mass is 269 g/mol. The van der Waals surface area contributed by atoms with E-state index in [1.54, 1.807) is 0 Å². The lowest BCUT2D eigenvalue weighted by atomic mass is 9.96. The summed E-state index contributed by atoms with van der Waals surface area (Å²) >= 11 is 5.71. The molecule has 0 aliphatic rings. The third kappa shape index (κ3) is 3.94. The molecule has 16 heavy (non-hydrogen) atoms. The molecule has 0 saturated carbocycles. The van der Waals surface area contributed by atoms with E-state index in [4.69, 9.17) is 11.6 Å². The molecule has 0 saturated heterocycles. The van der Waals surface area contributed by atoms with Crippen molar-refractivity contribution in [3.05, 3.63) is 0 Å². The molecule has 0 aromatic carbocycles. The lowest BCUT2D eigenvalue weighted by Gasteiger charge is -2.26. The minimum Gasteiger partial charge on any atom is -0.354 e. The Labute approximate surface area is 103 Å². The molecule has 0 atom stereocenters. The third-order valence-corrected chi connectivity index (χ3v) is 5.33. The SMILES string of the molecule is CC(C)(CCl)CNC(=O)C(C)(C)S(C)(=O)=O. The molecule has 0 bridgehead atoms. The highest BCUT2D eigenvalue weighted by Crippen LogP contribution is 2.18. The van der Waals surface area contributed by atoms with Gasteiger partial charge in [0.05, 0.1) is 0 Å². The molecule has 0 aromatic rings. The Morgan fingerprint density at radius 2 is 1.69 bits per heavy atom. The van der Waals surface area contributed by atoms with Gasteiger partial charge in [-0.1, -0.05) is 13.8 Å². The average molecular weight is 270 g/mol. The molecule has 0 aliphatic carbocycles. The lowest BCUT2D eigenvalue weighted by molar-refractivity contribution is -0.123. The van der Waals surface area contributed by atoms with E-state index in [0.717, 1.165) is 6.26 Å². The summed E-state index contributed by atoms with van der Waals surface area (Å²) < 4.78 is 21.4. The van der Waals surface area contributed by atoms with Crippen molar-refractivity contribution >= 4 is 27.3 Å². The molecular formula is C10H20ClNO3S. The fourth-order valence-corrected chi connectivity index (χ4v) is 1.25. The third-order valence-electron chi connectivity index (χ3n) is 2.56. The summed E-state index contributed by atoms with van der Waals surface area (Å²) in [5.41, 5.74) is -0.245. The van der Waals surface area contributed by atoms with Crippen LogP contribution in [0.3, 0.4) is 0 Å². The van der Waals surface area contributed by atoms with Crippen molar-refractivity contribution in [2.75, 3.05) is 18.7 Å². The van der Waals surface area contributed by atoms with Crippen LogP contribution >= 0.6 is 11.6 Å². The predicted molar refractivity (Wildman–Crippen MR) is 66.4 cm³/mol. The molecule has 0 unspecified atom stereocenters. The summed E-state index contributed by atoms with van der Waals surface area (Å²) in [5.74, 6) is -0.0970. The summed E-state index contributed by atoms with van der Waals surface area (Å²) in [6.45, 7) is 6.94. The minimum atomic E-state index is -3.42. The number of hydrogen-bond acceptors (Lipinski definition) is 3. The predicted octanol–water partition coefficient (Wildman–Crippen LogP) is 1.19. The lowest BCUT2D eigenvalue weighted by Crippen LogP contribution is -2.49. The molecule has 0 radical (unpaired) electrons. The van der Waals surface area contributed by atoms with Crippen LogP contribution in [0.5, 0.6) is 0 Å². The van der Waals surface area contributed by atoms with Crippen molar-refractivity contribution in [3.63, 3.8) is 0 Å². The number of sulfone groups is 1. The number of hydrogen-bond donors (Lipinski definition) is 1. The Morgan fingerprint density at radius 3 is 2.00 bits per heavy atom. The molecule has 4 nitrogen and oxygen atoms in total. The van der Waals surface area contributed by atoms with E-state index in [2.05, 4.69) is 5.32 Å². The molecule has 0 rings (SSSR count). The first-order valence-electron chi connectivity index (χ1n) is 4.98. The van der Waals surface area contributed by atoms with Gasteiger partial charge in [0, 0.05) is 18.7 Å². The number of amides is 1. The molecule has 0 aliphatic heterocycles. The van der Waals surface area contributed by atoms with Crippen molar-refractivity contribution < 1.29 is 13.2 Å². The van der Waals surface area contributed by atoms with Crippen LogP contribution in [0.4, 0.5) is 0 Å². The fourth-order valence-electron chi connectivity index (χ4n) is 0.748. The summed E-state index contributed by atoms with van der Waals surface area (Å²) in [6.07, 6.45) is 1.05. The maximum atomic E-state index is 11.7. The van der Waals surface area contributed by atoms with E-state index in [1.807, 2.05) is 13.8 Å². The Morgan fingerprint density at radius 1 is 1.25 bits per heavy atom. The largest absolute Gasteiger partial charge is 0.354 e. The van der Waals surface area contributed by atoms with Gasteiger partial charge in [0.25, 0.3) is 0 Å². The van der Waals surface area contributed by atoms with Crippen LogP contribution in [-0.4, -0.2) is 37.8 Å². The van der Waals surface area contributed by atoms with Gasteiger partial charge in [-0.05, 0) is 19.3 Å². The molecule has 96 valence electrons. The smallest absolute Gasteiger partial charge is 0.240 e. The Hall–Kier alpha value is -0.290. The zero-order chi connectivity index (χ0) is 13.2. The van der Waals surface area contributed by atoms with E-state index in [9.17, 15) is 13.2 Å². The first-order chi connectivity index (χ1) is 6.94. The molecule has 0 aromatic heterocycles. The first-order valence-corrected chi connectivity index (χ1v) is 7.40. The average Bonchev–Trinajstić information content (AvgIpc) is 2.12. The van der Waals surface area contributed by atoms with Gasteiger partial charge in [0.1, 0.15) is 4.75 Å². The van der Waals surface area contributed by atoms with Gasteiger partial charge < -0.3 is 5.32 Å². The quantitative estimate of drug-likeness (QED) is 0.763. The van der Waals surface area contributed by atoms with Crippen LogP contribution in [-0.2, 0) is 14.6 Å².